The number of hydrogen-bond donors (Lipinski definition) is 0. The second-order valence-corrected chi connectivity index (χ2v) is 13.3. The molecule has 1 atom stereocenters. The fraction of sp³-hybridized carbons (Fsp3) is 0.216. The Labute approximate surface area is 305 Å². The number of esters is 1. The highest BCUT2D eigenvalue weighted by atomic mass is 35.5. The van der Waals surface area contributed by atoms with E-state index < -0.39 is 22.5 Å². The van der Waals surface area contributed by atoms with E-state index in [0.717, 1.165) is 22.5 Å². The topological polar surface area (TPSA) is 135 Å². The van der Waals surface area contributed by atoms with Crippen molar-refractivity contribution in [2.75, 3.05) is 13.2 Å². The summed E-state index contributed by atoms with van der Waals surface area (Å²) in [6.45, 7) is 7.70. The molecule has 0 saturated carbocycles. The van der Waals surface area contributed by atoms with Crippen LogP contribution in [-0.2, 0) is 16.1 Å². The van der Waals surface area contributed by atoms with E-state index in [1.165, 1.54) is 16.7 Å². The van der Waals surface area contributed by atoms with E-state index in [0.29, 0.717) is 60.1 Å². The number of halogens is 2. The number of fused-ring (bicyclic) bond motifs is 1. The van der Waals surface area contributed by atoms with Crippen LogP contribution in [0.4, 0.5) is 5.69 Å². The van der Waals surface area contributed by atoms with E-state index in [1.54, 1.807) is 74.5 Å². The third kappa shape index (κ3) is 7.34. The molecule has 0 spiro atoms. The standard InChI is InChI=1S/C37H31Cl2N3O8S/c1-5-47-31-15-22(8-12-29(31)49-19-23-9-10-24(38)17-27(23)39)16-32-35(43)41-34(33(36(44)48-6-2)21(4)40-37(41)51-32)30-14-13-28(50-30)26-18-25(42(45)46)11-7-20(26)3/h7-18,34H,5-6,19H2,1-4H3/b32-16-/t34-/m1/s1. The molecule has 0 saturated heterocycles. The predicted molar refractivity (Wildman–Crippen MR) is 194 cm³/mol. The maximum absolute atomic E-state index is 14.2. The van der Waals surface area contributed by atoms with Crippen LogP contribution in [0, 0.1) is 17.0 Å². The maximum atomic E-state index is 14.2. The lowest BCUT2D eigenvalue weighted by molar-refractivity contribution is -0.384. The van der Waals surface area contributed by atoms with Gasteiger partial charge in [-0.1, -0.05) is 52.7 Å². The van der Waals surface area contributed by atoms with Crippen LogP contribution < -0.4 is 24.4 Å². The molecule has 3 aromatic carbocycles. The quantitative estimate of drug-likeness (QED) is 0.0768. The molecule has 2 aromatic heterocycles. The number of ether oxygens (including phenoxy) is 3. The Bertz CT molecular complexity index is 2390. The zero-order valence-electron chi connectivity index (χ0n) is 27.9. The van der Waals surface area contributed by atoms with Gasteiger partial charge in [0, 0.05) is 33.3 Å². The molecule has 14 heteroatoms. The van der Waals surface area contributed by atoms with Crippen molar-refractivity contribution in [2.24, 2.45) is 4.99 Å². The second-order valence-electron chi connectivity index (χ2n) is 11.4. The molecule has 5 aromatic rings. The molecule has 51 heavy (non-hydrogen) atoms. The zero-order valence-corrected chi connectivity index (χ0v) is 30.2. The van der Waals surface area contributed by atoms with Gasteiger partial charge >= 0.3 is 5.97 Å². The van der Waals surface area contributed by atoms with Crippen molar-refractivity contribution < 1.29 is 28.3 Å². The van der Waals surface area contributed by atoms with Gasteiger partial charge in [0.05, 0.1) is 33.9 Å². The Kier molecular flexibility index (Phi) is 10.5. The van der Waals surface area contributed by atoms with Gasteiger partial charge in [-0.15, -0.1) is 0 Å². The van der Waals surface area contributed by atoms with Crippen LogP contribution in [0.15, 0.2) is 92.2 Å². The number of nitro groups is 1. The number of non-ortho nitro benzene ring substituents is 1. The summed E-state index contributed by atoms with van der Waals surface area (Å²) in [5.74, 6) is 0.933. The third-order valence-electron chi connectivity index (χ3n) is 8.07. The van der Waals surface area contributed by atoms with Gasteiger partial charge < -0.3 is 18.6 Å². The van der Waals surface area contributed by atoms with Crippen molar-refractivity contribution in [3.8, 4) is 22.8 Å². The predicted octanol–water partition coefficient (Wildman–Crippen LogP) is 7.56. The number of nitro benzene ring substituents is 1. The van der Waals surface area contributed by atoms with Crippen LogP contribution in [0.3, 0.4) is 0 Å². The first-order valence-electron chi connectivity index (χ1n) is 15.9. The summed E-state index contributed by atoms with van der Waals surface area (Å²) in [7, 11) is 0. The number of nitrogens with zero attached hydrogens (tertiary/aromatic N) is 3. The molecule has 11 nitrogen and oxygen atoms in total. The fourth-order valence-electron chi connectivity index (χ4n) is 5.64. The van der Waals surface area contributed by atoms with Gasteiger partial charge in [0.15, 0.2) is 16.3 Å². The van der Waals surface area contributed by atoms with Gasteiger partial charge in [0.2, 0.25) is 0 Å². The largest absolute Gasteiger partial charge is 0.490 e. The number of thiazole rings is 1. The van der Waals surface area contributed by atoms with Crippen molar-refractivity contribution >= 4 is 52.3 Å². The Hall–Kier alpha value is -5.17. The Morgan fingerprint density at radius 1 is 1.02 bits per heavy atom. The van der Waals surface area contributed by atoms with E-state index >= 15 is 0 Å². The van der Waals surface area contributed by atoms with Crippen molar-refractivity contribution in [1.29, 1.82) is 0 Å². The summed E-state index contributed by atoms with van der Waals surface area (Å²) in [5.41, 5.74) is 2.70. The van der Waals surface area contributed by atoms with Gasteiger partial charge in [-0.3, -0.25) is 19.5 Å². The van der Waals surface area contributed by atoms with Crippen LogP contribution in [-0.4, -0.2) is 28.7 Å². The molecule has 0 N–H and O–H groups in total. The van der Waals surface area contributed by atoms with Crippen molar-refractivity contribution in [3.05, 3.63) is 140 Å². The molecule has 6 rings (SSSR count). The summed E-state index contributed by atoms with van der Waals surface area (Å²) in [6.07, 6.45) is 1.71. The molecule has 0 fully saturated rings. The molecule has 0 aliphatic carbocycles. The first-order valence-corrected chi connectivity index (χ1v) is 17.4. The minimum Gasteiger partial charge on any atom is -0.490 e. The average Bonchev–Trinajstić information content (AvgIpc) is 3.69. The Balaban J connectivity index is 1.41. The molecular formula is C37H31Cl2N3O8S. The van der Waals surface area contributed by atoms with Crippen molar-refractivity contribution in [2.45, 2.75) is 40.3 Å². The normalized spacial score (nSPS) is 14.2. The Morgan fingerprint density at radius 2 is 1.82 bits per heavy atom. The number of aromatic nitrogens is 1. The maximum Gasteiger partial charge on any atom is 0.338 e. The first-order chi connectivity index (χ1) is 24.5. The Morgan fingerprint density at radius 3 is 2.55 bits per heavy atom. The van der Waals surface area contributed by atoms with Gasteiger partial charge in [-0.05, 0) is 81.3 Å². The van der Waals surface area contributed by atoms with Crippen molar-refractivity contribution in [1.82, 2.24) is 4.57 Å². The average molecular weight is 749 g/mol. The van der Waals surface area contributed by atoms with E-state index in [2.05, 4.69) is 4.99 Å². The van der Waals surface area contributed by atoms with Gasteiger partial charge in [-0.2, -0.15) is 0 Å². The summed E-state index contributed by atoms with van der Waals surface area (Å²) in [6, 6.07) is 17.3. The fourth-order valence-corrected chi connectivity index (χ4v) is 7.15. The molecular weight excluding hydrogens is 717 g/mol. The molecule has 0 radical (unpaired) electrons. The van der Waals surface area contributed by atoms with E-state index in [-0.39, 0.29) is 30.2 Å². The minimum absolute atomic E-state index is 0.0949. The second kappa shape index (κ2) is 15.0. The molecule has 3 heterocycles. The number of hydrogen-bond acceptors (Lipinski definition) is 10. The van der Waals surface area contributed by atoms with Gasteiger partial charge in [0.25, 0.3) is 11.2 Å². The number of furan rings is 1. The molecule has 262 valence electrons. The lowest BCUT2D eigenvalue weighted by Crippen LogP contribution is -2.39. The molecule has 0 bridgehead atoms. The summed E-state index contributed by atoms with van der Waals surface area (Å²) in [5, 5.41) is 12.5. The van der Waals surface area contributed by atoms with Crippen molar-refractivity contribution in [3.63, 3.8) is 0 Å². The number of carbonyl (C=O) groups excluding carboxylic acids is 1. The highest BCUT2D eigenvalue weighted by Gasteiger charge is 2.35. The summed E-state index contributed by atoms with van der Waals surface area (Å²) in [4.78, 5) is 43.5. The lowest BCUT2D eigenvalue weighted by Gasteiger charge is -2.22. The van der Waals surface area contributed by atoms with E-state index in [9.17, 15) is 19.7 Å². The van der Waals surface area contributed by atoms with Crippen LogP contribution >= 0.6 is 34.5 Å². The highest BCUT2D eigenvalue weighted by molar-refractivity contribution is 7.07. The lowest BCUT2D eigenvalue weighted by atomic mass is 10.0. The third-order valence-corrected chi connectivity index (χ3v) is 9.64. The zero-order chi connectivity index (χ0) is 36.4. The van der Waals surface area contributed by atoms with Crippen LogP contribution in [0.25, 0.3) is 17.4 Å². The highest BCUT2D eigenvalue weighted by Crippen LogP contribution is 2.36. The molecule has 1 aliphatic rings. The number of benzene rings is 3. The molecule has 0 amide bonds. The van der Waals surface area contributed by atoms with E-state index in [4.69, 9.17) is 41.8 Å². The number of allylic oxidation sites excluding steroid dienone is 1. The minimum atomic E-state index is -1.01. The van der Waals surface area contributed by atoms with Gasteiger partial charge in [0.1, 0.15) is 24.2 Å². The number of rotatable bonds is 11. The summed E-state index contributed by atoms with van der Waals surface area (Å²) >= 11 is 13.5. The van der Waals surface area contributed by atoms with Crippen LogP contribution in [0.2, 0.25) is 10.0 Å². The monoisotopic (exact) mass is 747 g/mol. The number of carbonyl (C=O) groups is 1. The summed E-state index contributed by atoms with van der Waals surface area (Å²) < 4.78 is 25.3. The molecule has 0 unspecified atom stereocenters. The van der Waals surface area contributed by atoms with Crippen LogP contribution in [0.1, 0.15) is 49.3 Å². The SMILES string of the molecule is CCOC(=O)C1=C(C)N=c2s/c(=C\c3ccc(OCc4ccc(Cl)cc4Cl)c(OCC)c3)c(=O)n2[C@@H]1c1ccc(-c2cc([N+](=O)[O-])ccc2C)o1. The number of aryl methyl sites for hydroxylation is 1. The molecule has 1 aliphatic heterocycles. The van der Waals surface area contributed by atoms with Crippen LogP contribution in [0.5, 0.6) is 11.5 Å². The smallest absolute Gasteiger partial charge is 0.338 e. The first kappa shape index (κ1) is 35.6. The van der Waals surface area contributed by atoms with E-state index in [1.807, 2.05) is 13.8 Å². The van der Waals surface area contributed by atoms with Gasteiger partial charge in [-0.25, -0.2) is 9.79 Å².